The van der Waals surface area contributed by atoms with Crippen LogP contribution < -0.4 is 4.90 Å². The summed E-state index contributed by atoms with van der Waals surface area (Å²) in [5.74, 6) is 0.463. The van der Waals surface area contributed by atoms with Crippen molar-refractivity contribution in [2.24, 2.45) is 0 Å². The van der Waals surface area contributed by atoms with Gasteiger partial charge in [-0.25, -0.2) is 9.97 Å². The van der Waals surface area contributed by atoms with Gasteiger partial charge in [0.1, 0.15) is 11.2 Å². The van der Waals surface area contributed by atoms with Gasteiger partial charge >= 0.3 is 0 Å². The summed E-state index contributed by atoms with van der Waals surface area (Å²) in [5.41, 5.74) is 3.62. The van der Waals surface area contributed by atoms with Gasteiger partial charge in [0.2, 0.25) is 5.91 Å². The van der Waals surface area contributed by atoms with Gasteiger partial charge < -0.3 is 4.90 Å². The monoisotopic (exact) mass is 317 g/mol. The lowest BCUT2D eigenvalue weighted by molar-refractivity contribution is -0.118. The molecule has 0 spiro atoms. The molecule has 1 aromatic heterocycles. The summed E-state index contributed by atoms with van der Waals surface area (Å²) >= 11 is 6.02. The molecule has 0 radical (unpaired) electrons. The van der Waals surface area contributed by atoms with E-state index >= 15 is 0 Å². The molecule has 1 heterocycles. The van der Waals surface area contributed by atoms with Crippen molar-refractivity contribution >= 4 is 23.2 Å². The number of carbonyl (C=O) groups excluding carboxylic acids is 1. The van der Waals surface area contributed by atoms with Crippen molar-refractivity contribution in [3.63, 3.8) is 0 Å². The van der Waals surface area contributed by atoms with E-state index in [2.05, 4.69) is 9.97 Å². The molecule has 0 bridgehead atoms. The fourth-order valence-corrected chi connectivity index (χ4v) is 2.49. The number of rotatable bonds is 4. The van der Waals surface area contributed by atoms with Crippen molar-refractivity contribution in [2.45, 2.75) is 39.6 Å². The molecule has 0 aliphatic rings. The Balaban J connectivity index is 2.41. The first kappa shape index (κ1) is 16.4. The average Bonchev–Trinajstić information content (AvgIpc) is 2.44. The van der Waals surface area contributed by atoms with Crippen LogP contribution in [0.1, 0.15) is 29.7 Å². The summed E-state index contributed by atoms with van der Waals surface area (Å²) in [4.78, 5) is 23.0. The van der Waals surface area contributed by atoms with E-state index in [4.69, 9.17) is 11.6 Å². The molecule has 4 nitrogen and oxygen atoms in total. The minimum Gasteiger partial charge on any atom is -0.303 e. The number of hydrogen-bond acceptors (Lipinski definition) is 3. The van der Waals surface area contributed by atoms with Crippen LogP contribution in [0.3, 0.4) is 0 Å². The number of amides is 1. The van der Waals surface area contributed by atoms with Crippen LogP contribution in [-0.4, -0.2) is 21.3 Å². The molecule has 22 heavy (non-hydrogen) atoms. The maximum atomic E-state index is 12.5. The lowest BCUT2D eigenvalue weighted by atomic mass is 10.1. The molecule has 1 aromatic carbocycles. The zero-order valence-electron chi connectivity index (χ0n) is 13.3. The number of benzene rings is 1. The van der Waals surface area contributed by atoms with Crippen LogP contribution >= 0.6 is 11.6 Å². The van der Waals surface area contributed by atoms with E-state index in [0.29, 0.717) is 12.4 Å². The molecule has 116 valence electrons. The molecule has 0 aliphatic carbocycles. The maximum Gasteiger partial charge on any atom is 0.245 e. The molecule has 1 amide bonds. The van der Waals surface area contributed by atoms with Gasteiger partial charge in [-0.15, -0.1) is 11.6 Å². The quantitative estimate of drug-likeness (QED) is 0.810. The Morgan fingerprint density at radius 2 is 1.77 bits per heavy atom. The van der Waals surface area contributed by atoms with Crippen LogP contribution in [0.4, 0.5) is 5.69 Å². The number of halogens is 1. The Kier molecular flexibility index (Phi) is 5.14. The van der Waals surface area contributed by atoms with Crippen molar-refractivity contribution in [2.75, 3.05) is 4.90 Å². The van der Waals surface area contributed by atoms with Crippen molar-refractivity contribution in [1.29, 1.82) is 0 Å². The van der Waals surface area contributed by atoms with Gasteiger partial charge in [0.05, 0.1) is 6.54 Å². The van der Waals surface area contributed by atoms with Crippen LogP contribution in [0.15, 0.2) is 30.3 Å². The average molecular weight is 318 g/mol. The number of hydrogen-bond donors (Lipinski definition) is 0. The highest BCUT2D eigenvalue weighted by Crippen LogP contribution is 2.23. The highest BCUT2D eigenvalue weighted by atomic mass is 35.5. The van der Waals surface area contributed by atoms with Crippen LogP contribution in [0.5, 0.6) is 0 Å². The van der Waals surface area contributed by atoms with Gasteiger partial charge in [-0.05, 0) is 45.4 Å². The first-order valence-corrected chi connectivity index (χ1v) is 7.64. The highest BCUT2D eigenvalue weighted by Gasteiger charge is 2.22. The third-order valence-electron chi connectivity index (χ3n) is 3.34. The van der Waals surface area contributed by atoms with Gasteiger partial charge in [0.15, 0.2) is 0 Å². The summed E-state index contributed by atoms with van der Waals surface area (Å²) in [6.07, 6.45) is 0. The van der Waals surface area contributed by atoms with Crippen molar-refractivity contribution in [3.05, 3.63) is 53.1 Å². The Labute approximate surface area is 136 Å². The molecular formula is C17H20ClN3O. The third kappa shape index (κ3) is 3.83. The van der Waals surface area contributed by atoms with Crippen molar-refractivity contribution in [1.82, 2.24) is 9.97 Å². The number of anilines is 1. The highest BCUT2D eigenvalue weighted by molar-refractivity contribution is 6.32. The molecular weight excluding hydrogens is 298 g/mol. The second-order valence-corrected chi connectivity index (χ2v) is 6.05. The number of carbonyl (C=O) groups is 1. The second-order valence-electron chi connectivity index (χ2n) is 5.39. The van der Waals surface area contributed by atoms with Crippen molar-refractivity contribution < 1.29 is 4.79 Å². The standard InChI is InChI=1S/C17H20ClN3O/c1-11-7-5-6-8-15(11)21(17(22)14(4)18)10-16-19-12(2)9-13(3)20-16/h5-9,14H,10H2,1-4H3. The SMILES string of the molecule is Cc1cc(C)nc(CN(C(=O)C(C)Cl)c2ccccc2C)n1. The van der Waals surface area contributed by atoms with Gasteiger partial charge in [-0.1, -0.05) is 18.2 Å². The number of para-hydroxylation sites is 1. The summed E-state index contributed by atoms with van der Waals surface area (Å²) in [6, 6.07) is 9.64. The van der Waals surface area contributed by atoms with E-state index in [0.717, 1.165) is 22.6 Å². The zero-order valence-corrected chi connectivity index (χ0v) is 14.1. The normalized spacial score (nSPS) is 12.0. The molecule has 1 unspecified atom stereocenters. The summed E-state index contributed by atoms with van der Waals surface area (Å²) in [5, 5.41) is -0.606. The molecule has 2 rings (SSSR count). The summed E-state index contributed by atoms with van der Waals surface area (Å²) in [7, 11) is 0. The zero-order chi connectivity index (χ0) is 16.3. The summed E-state index contributed by atoms with van der Waals surface area (Å²) < 4.78 is 0. The molecule has 0 aliphatic heterocycles. The first-order valence-electron chi connectivity index (χ1n) is 7.20. The second kappa shape index (κ2) is 6.88. The van der Waals surface area contributed by atoms with E-state index in [1.807, 2.05) is 51.1 Å². The van der Waals surface area contributed by atoms with E-state index < -0.39 is 5.38 Å². The summed E-state index contributed by atoms with van der Waals surface area (Å²) in [6.45, 7) is 7.79. The fourth-order valence-electron chi connectivity index (χ4n) is 2.37. The Morgan fingerprint density at radius 1 is 1.18 bits per heavy atom. The lowest BCUT2D eigenvalue weighted by Gasteiger charge is -2.25. The lowest BCUT2D eigenvalue weighted by Crippen LogP contribution is -2.36. The van der Waals surface area contributed by atoms with Gasteiger partial charge in [0, 0.05) is 17.1 Å². The topological polar surface area (TPSA) is 46.1 Å². The number of aromatic nitrogens is 2. The van der Waals surface area contributed by atoms with Gasteiger partial charge in [-0.3, -0.25) is 4.79 Å². The number of alkyl halides is 1. The minimum atomic E-state index is -0.606. The molecule has 0 saturated heterocycles. The van der Waals surface area contributed by atoms with E-state index in [-0.39, 0.29) is 5.91 Å². The van der Waals surface area contributed by atoms with Crippen LogP contribution in [0, 0.1) is 20.8 Å². The van der Waals surface area contributed by atoms with E-state index in [1.165, 1.54) is 0 Å². The van der Waals surface area contributed by atoms with E-state index in [9.17, 15) is 4.79 Å². The molecule has 0 saturated carbocycles. The maximum absolute atomic E-state index is 12.5. The predicted octanol–water partition coefficient (Wildman–Crippen LogP) is 3.56. The minimum absolute atomic E-state index is 0.154. The van der Waals surface area contributed by atoms with Crippen LogP contribution in [0.2, 0.25) is 0 Å². The largest absolute Gasteiger partial charge is 0.303 e. The molecule has 0 N–H and O–H groups in total. The molecule has 1 atom stereocenters. The third-order valence-corrected chi connectivity index (χ3v) is 3.53. The fraction of sp³-hybridized carbons (Fsp3) is 0.353. The van der Waals surface area contributed by atoms with Crippen LogP contribution in [-0.2, 0) is 11.3 Å². The van der Waals surface area contributed by atoms with Crippen LogP contribution in [0.25, 0.3) is 0 Å². The van der Waals surface area contributed by atoms with Crippen molar-refractivity contribution in [3.8, 4) is 0 Å². The Morgan fingerprint density at radius 3 is 2.32 bits per heavy atom. The Hall–Kier alpha value is -1.94. The smallest absolute Gasteiger partial charge is 0.245 e. The number of aryl methyl sites for hydroxylation is 3. The Bertz CT molecular complexity index is 665. The predicted molar refractivity (Wildman–Crippen MR) is 89.2 cm³/mol. The number of nitrogens with zero attached hydrogens (tertiary/aromatic N) is 3. The molecule has 0 fully saturated rings. The van der Waals surface area contributed by atoms with E-state index in [1.54, 1.807) is 11.8 Å². The molecule has 2 aromatic rings. The van der Waals surface area contributed by atoms with Gasteiger partial charge in [0.25, 0.3) is 0 Å². The molecule has 5 heteroatoms. The first-order chi connectivity index (χ1) is 10.4. The van der Waals surface area contributed by atoms with Gasteiger partial charge in [-0.2, -0.15) is 0 Å².